The van der Waals surface area contributed by atoms with Gasteiger partial charge in [0, 0.05) is 18.4 Å². The number of urea groups is 1. The zero-order chi connectivity index (χ0) is 38.2. The molecule has 3 unspecified atom stereocenters. The van der Waals surface area contributed by atoms with Gasteiger partial charge in [-0.05, 0) is 155 Å². The van der Waals surface area contributed by atoms with Crippen LogP contribution in [0.25, 0.3) is 0 Å². The number of rotatable bonds is 8. The van der Waals surface area contributed by atoms with Crippen molar-refractivity contribution in [3.63, 3.8) is 0 Å². The van der Waals surface area contributed by atoms with E-state index in [-0.39, 0.29) is 57.8 Å². The summed E-state index contributed by atoms with van der Waals surface area (Å²) in [5, 5.41) is 16.3. The Balaban J connectivity index is 1.24. The fourth-order valence-electron chi connectivity index (χ4n) is 13.3. The van der Waals surface area contributed by atoms with Crippen molar-refractivity contribution in [2.75, 3.05) is 26.7 Å². The van der Waals surface area contributed by atoms with Gasteiger partial charge in [-0.25, -0.2) is 4.79 Å². The molecule has 1 aliphatic heterocycles. The number of Topliss-reactive ketones (excluding diaryl/α,β-unsaturated/α-hetero) is 1. The number of carbonyl (C=O) groups excluding carboxylic acids is 3. The highest BCUT2D eigenvalue weighted by Gasteiger charge is 2.70. The van der Waals surface area contributed by atoms with Gasteiger partial charge in [-0.2, -0.15) is 0 Å². The van der Waals surface area contributed by atoms with Gasteiger partial charge in [-0.1, -0.05) is 48.5 Å². The topological polar surface area (TPSA) is 125 Å². The Labute approximate surface area is 313 Å². The molecule has 9 heteroatoms. The van der Waals surface area contributed by atoms with E-state index in [2.05, 4.69) is 71.0 Å². The second-order valence-corrected chi connectivity index (χ2v) is 20.6. The van der Waals surface area contributed by atoms with E-state index in [1.807, 2.05) is 0 Å². The fourth-order valence-corrected chi connectivity index (χ4v) is 13.3. The molecule has 2 amide bonds. The Bertz CT molecular complexity index is 1490. The van der Waals surface area contributed by atoms with Gasteiger partial charge in [0.15, 0.2) is 5.78 Å². The normalized spacial score (nSPS) is 39.2. The first-order valence-electron chi connectivity index (χ1n) is 20.6. The second kappa shape index (κ2) is 13.4. The number of esters is 1. The third-order valence-corrected chi connectivity index (χ3v) is 16.6. The molecule has 3 N–H and O–H groups in total. The summed E-state index contributed by atoms with van der Waals surface area (Å²) in [6.45, 7) is 22.4. The van der Waals surface area contributed by atoms with Crippen LogP contribution in [0.5, 0.6) is 0 Å². The van der Waals surface area contributed by atoms with Crippen LogP contribution in [0, 0.1) is 56.7 Å². The average molecular weight is 724 g/mol. The smallest absolute Gasteiger partial charge is 0.315 e. The van der Waals surface area contributed by atoms with Gasteiger partial charge in [-0.3, -0.25) is 14.4 Å². The molecule has 6 aliphatic rings. The van der Waals surface area contributed by atoms with Crippen LogP contribution in [0.2, 0.25) is 0 Å². The van der Waals surface area contributed by atoms with Crippen LogP contribution < -0.4 is 10.6 Å². The number of fused-ring (bicyclic) bond motifs is 7. The zero-order valence-electron chi connectivity index (χ0n) is 34.0. The Kier molecular flexibility index (Phi) is 10.1. The molecule has 0 spiro atoms. The Morgan fingerprint density at radius 2 is 1.58 bits per heavy atom. The SMILES string of the molecule is CC(C)C1=C2C3CCC4[C@@]5(C)CC[C@H](OC(=O)CC(C)(C)C(=O)O)C(C)(C)C5CC[C@@]4(C)[C@]3(C)CC[C@@]2(NC(=O)NCC2CCN(C)CC2)CC1=O. The first-order valence-corrected chi connectivity index (χ1v) is 20.6. The van der Waals surface area contributed by atoms with Gasteiger partial charge in [0.2, 0.25) is 0 Å². The molecule has 1 heterocycles. The van der Waals surface area contributed by atoms with Gasteiger partial charge in [-0.15, -0.1) is 0 Å². The number of ether oxygens (including phenoxy) is 1. The lowest BCUT2D eigenvalue weighted by Gasteiger charge is -2.72. The number of carbonyl (C=O) groups is 4. The molecule has 1 saturated heterocycles. The zero-order valence-corrected chi connectivity index (χ0v) is 34.0. The first-order chi connectivity index (χ1) is 24.1. The Hall–Kier alpha value is -2.42. The number of hydrogen-bond donors (Lipinski definition) is 3. The number of hydrogen-bond acceptors (Lipinski definition) is 6. The van der Waals surface area contributed by atoms with Crippen molar-refractivity contribution < 1.29 is 29.0 Å². The number of ketones is 1. The molecule has 0 radical (unpaired) electrons. The third kappa shape index (κ3) is 6.24. The number of amides is 2. The number of carboxylic acid groups (broad SMARTS) is 1. The predicted octanol–water partition coefficient (Wildman–Crippen LogP) is 7.77. The summed E-state index contributed by atoms with van der Waals surface area (Å²) >= 11 is 0. The number of allylic oxidation sites excluding steroid dienone is 1. The molecule has 5 aliphatic carbocycles. The molecule has 52 heavy (non-hydrogen) atoms. The lowest BCUT2D eigenvalue weighted by Crippen LogP contribution is -2.67. The molecule has 0 bridgehead atoms. The summed E-state index contributed by atoms with van der Waals surface area (Å²) in [5.41, 5.74) is 0.309. The fraction of sp³-hybridized carbons (Fsp3) is 0.860. The summed E-state index contributed by atoms with van der Waals surface area (Å²) in [6, 6.07) is -0.128. The lowest BCUT2D eigenvalue weighted by atomic mass is 9.33. The molecule has 9 nitrogen and oxygen atoms in total. The van der Waals surface area contributed by atoms with Crippen molar-refractivity contribution in [2.24, 2.45) is 56.7 Å². The molecule has 6 rings (SSSR count). The molecular formula is C43H69N3O6. The lowest BCUT2D eigenvalue weighted by molar-refractivity contribution is -0.232. The van der Waals surface area contributed by atoms with Crippen LogP contribution in [0.3, 0.4) is 0 Å². The maximum absolute atomic E-state index is 14.0. The summed E-state index contributed by atoms with van der Waals surface area (Å²) in [7, 11) is 2.16. The first kappa shape index (κ1) is 39.3. The van der Waals surface area contributed by atoms with Gasteiger partial charge in [0.05, 0.1) is 17.4 Å². The van der Waals surface area contributed by atoms with E-state index in [0.717, 1.165) is 82.9 Å². The predicted molar refractivity (Wildman–Crippen MR) is 202 cm³/mol. The van der Waals surface area contributed by atoms with Crippen molar-refractivity contribution in [2.45, 2.75) is 151 Å². The summed E-state index contributed by atoms with van der Waals surface area (Å²) in [6.07, 6.45) is 9.94. The highest BCUT2D eigenvalue weighted by atomic mass is 16.5. The average Bonchev–Trinajstić information content (AvgIpc) is 3.34. The molecular weight excluding hydrogens is 654 g/mol. The maximum Gasteiger partial charge on any atom is 0.315 e. The van der Waals surface area contributed by atoms with Crippen molar-refractivity contribution in [1.82, 2.24) is 15.5 Å². The van der Waals surface area contributed by atoms with Crippen molar-refractivity contribution in [3.8, 4) is 0 Å². The molecule has 8 atom stereocenters. The van der Waals surface area contributed by atoms with E-state index in [1.165, 1.54) is 5.57 Å². The molecule has 0 aromatic carbocycles. The van der Waals surface area contributed by atoms with Crippen molar-refractivity contribution >= 4 is 23.8 Å². The minimum absolute atomic E-state index is 0.0182. The van der Waals surface area contributed by atoms with Crippen LogP contribution in [-0.4, -0.2) is 72.1 Å². The highest BCUT2D eigenvalue weighted by Crippen LogP contribution is 2.76. The number of aliphatic carboxylic acids is 1. The number of carboxylic acids is 1. The van der Waals surface area contributed by atoms with Crippen LogP contribution in [0.4, 0.5) is 4.79 Å². The number of piperidine rings is 1. The van der Waals surface area contributed by atoms with Crippen LogP contribution in [0.1, 0.15) is 139 Å². The molecule has 0 aromatic heterocycles. The van der Waals surface area contributed by atoms with Gasteiger partial charge < -0.3 is 25.4 Å². The molecule has 5 fully saturated rings. The van der Waals surface area contributed by atoms with E-state index in [4.69, 9.17) is 4.74 Å². The Morgan fingerprint density at radius 1 is 0.904 bits per heavy atom. The van der Waals surface area contributed by atoms with E-state index in [1.54, 1.807) is 13.8 Å². The standard InChI is InChI=1S/C43H69N3O6/c1-26(2)34-29(47)23-43(45-37(51)44-25-27-15-21-46(10)22-16-27)20-19-41(8)28(35(34)43)11-12-31-40(7)17-14-32(52-33(48)24-38(3,4)36(49)50)39(5,6)30(40)13-18-42(31,41)9/h26-28,30-32H,11-25H2,1-10H3,(H,49,50)(H2,44,45,51)/t28?,30?,31?,32-,40-,41+,42+,43+/m0/s1. The molecule has 4 saturated carbocycles. The van der Waals surface area contributed by atoms with E-state index in [0.29, 0.717) is 30.7 Å². The largest absolute Gasteiger partial charge is 0.481 e. The summed E-state index contributed by atoms with van der Waals surface area (Å²) < 4.78 is 6.16. The summed E-state index contributed by atoms with van der Waals surface area (Å²) in [4.78, 5) is 54.8. The Morgan fingerprint density at radius 3 is 2.21 bits per heavy atom. The van der Waals surface area contributed by atoms with E-state index in [9.17, 15) is 24.3 Å². The number of nitrogens with zero attached hydrogens (tertiary/aromatic N) is 1. The minimum Gasteiger partial charge on any atom is -0.481 e. The van der Waals surface area contributed by atoms with Gasteiger partial charge in [0.1, 0.15) is 6.10 Å². The maximum atomic E-state index is 14.0. The van der Waals surface area contributed by atoms with Crippen LogP contribution in [-0.2, 0) is 19.1 Å². The van der Waals surface area contributed by atoms with Crippen molar-refractivity contribution in [3.05, 3.63) is 11.1 Å². The molecule has 0 aromatic rings. The second-order valence-electron chi connectivity index (χ2n) is 20.6. The van der Waals surface area contributed by atoms with E-state index < -0.39 is 22.9 Å². The van der Waals surface area contributed by atoms with Gasteiger partial charge >= 0.3 is 18.0 Å². The quantitative estimate of drug-likeness (QED) is 0.219. The third-order valence-electron chi connectivity index (χ3n) is 16.6. The van der Waals surface area contributed by atoms with E-state index >= 15 is 0 Å². The summed E-state index contributed by atoms with van der Waals surface area (Å²) in [5.74, 6) is 0.498. The number of likely N-dealkylation sites (tertiary alicyclic amines) is 1. The minimum atomic E-state index is -1.16. The number of nitrogens with one attached hydrogen (secondary N) is 2. The molecule has 292 valence electrons. The van der Waals surface area contributed by atoms with Gasteiger partial charge in [0.25, 0.3) is 0 Å². The van der Waals surface area contributed by atoms with Crippen LogP contribution >= 0.6 is 0 Å². The highest BCUT2D eigenvalue weighted by molar-refractivity contribution is 6.02. The van der Waals surface area contributed by atoms with Crippen molar-refractivity contribution in [1.29, 1.82) is 0 Å². The van der Waals surface area contributed by atoms with Crippen LogP contribution in [0.15, 0.2) is 11.1 Å². The monoisotopic (exact) mass is 724 g/mol.